The minimum Gasteiger partial charge on any atom is -0.495 e. The Morgan fingerprint density at radius 1 is 1.44 bits per heavy atom. The first-order valence-electron chi connectivity index (χ1n) is 7.69. The molecule has 132 valence electrons. The van der Waals surface area contributed by atoms with Gasteiger partial charge in [0.05, 0.1) is 24.7 Å². The van der Waals surface area contributed by atoms with Crippen LogP contribution in [0.3, 0.4) is 0 Å². The largest absolute Gasteiger partial charge is 0.495 e. The summed E-state index contributed by atoms with van der Waals surface area (Å²) in [5.74, 6) is -0.392. The van der Waals surface area contributed by atoms with E-state index in [4.69, 9.17) is 4.74 Å². The highest BCUT2D eigenvalue weighted by atomic mass is 19.1. The maximum Gasteiger partial charge on any atom is 0.319 e. The standard InChI is InChI=1S/C16H18FN5O3/c1-21-9-11(8-18-21)22-6-5-12(15(22)23)19-16(24)20-13-7-10(17)3-4-14(13)25-2/h3-4,7-9,12H,5-6H2,1-2H3,(H2,19,20,24)/t12-/m0/s1. The number of carbonyl (C=O) groups is 2. The van der Waals surface area contributed by atoms with Crippen LogP contribution in [-0.2, 0) is 11.8 Å². The van der Waals surface area contributed by atoms with E-state index in [1.165, 1.54) is 19.2 Å². The van der Waals surface area contributed by atoms with E-state index in [0.717, 1.165) is 6.07 Å². The molecule has 3 rings (SSSR count). The molecule has 9 heteroatoms. The number of rotatable bonds is 4. The SMILES string of the molecule is COc1ccc(F)cc1NC(=O)N[C@H]1CCN(c2cnn(C)c2)C1=O. The second-order valence-electron chi connectivity index (χ2n) is 5.65. The average Bonchev–Trinajstić information content (AvgIpc) is 3.14. The van der Waals surface area contributed by atoms with E-state index in [0.29, 0.717) is 24.4 Å². The van der Waals surface area contributed by atoms with Gasteiger partial charge in [-0.3, -0.25) is 9.48 Å². The Hall–Kier alpha value is -3.10. The summed E-state index contributed by atoms with van der Waals surface area (Å²) < 4.78 is 20.0. The van der Waals surface area contributed by atoms with Crippen molar-refractivity contribution in [1.29, 1.82) is 0 Å². The topological polar surface area (TPSA) is 88.5 Å². The zero-order chi connectivity index (χ0) is 18.0. The molecule has 0 bridgehead atoms. The van der Waals surface area contributed by atoms with Crippen LogP contribution in [0.25, 0.3) is 0 Å². The van der Waals surface area contributed by atoms with Crippen molar-refractivity contribution in [1.82, 2.24) is 15.1 Å². The molecule has 2 N–H and O–H groups in total. The van der Waals surface area contributed by atoms with E-state index in [1.807, 2.05) is 0 Å². The minimum atomic E-state index is -0.653. The molecule has 1 aliphatic heterocycles. The maximum atomic E-state index is 13.3. The van der Waals surface area contributed by atoms with Crippen molar-refractivity contribution in [3.8, 4) is 5.75 Å². The Morgan fingerprint density at radius 2 is 2.24 bits per heavy atom. The van der Waals surface area contributed by atoms with Crippen molar-refractivity contribution in [2.24, 2.45) is 7.05 Å². The lowest BCUT2D eigenvalue weighted by atomic mass is 10.2. The van der Waals surface area contributed by atoms with Crippen molar-refractivity contribution < 1.29 is 18.7 Å². The zero-order valence-corrected chi connectivity index (χ0v) is 13.8. The maximum absolute atomic E-state index is 13.3. The summed E-state index contributed by atoms with van der Waals surface area (Å²) in [7, 11) is 3.18. The quantitative estimate of drug-likeness (QED) is 0.877. The number of aromatic nitrogens is 2. The molecule has 1 aliphatic rings. The molecule has 1 saturated heterocycles. The number of ether oxygens (including phenoxy) is 1. The minimum absolute atomic E-state index is 0.189. The Labute approximate surface area is 143 Å². The van der Waals surface area contributed by atoms with E-state index < -0.39 is 17.9 Å². The molecule has 2 heterocycles. The lowest BCUT2D eigenvalue weighted by Crippen LogP contribution is -2.43. The van der Waals surface area contributed by atoms with Crippen molar-refractivity contribution in [3.05, 3.63) is 36.4 Å². The molecule has 0 spiro atoms. The molecule has 2 aromatic rings. The fraction of sp³-hybridized carbons (Fsp3) is 0.312. The number of urea groups is 1. The second-order valence-corrected chi connectivity index (χ2v) is 5.65. The van der Waals surface area contributed by atoms with Crippen LogP contribution in [0, 0.1) is 5.82 Å². The highest BCUT2D eigenvalue weighted by molar-refractivity contribution is 6.02. The van der Waals surface area contributed by atoms with E-state index in [-0.39, 0.29) is 11.6 Å². The number of hydrogen-bond acceptors (Lipinski definition) is 4. The molecule has 0 unspecified atom stereocenters. The Kier molecular flexibility index (Phi) is 4.55. The molecular formula is C16H18FN5O3. The number of methoxy groups -OCH3 is 1. The number of benzene rings is 1. The summed E-state index contributed by atoms with van der Waals surface area (Å²) >= 11 is 0. The third kappa shape index (κ3) is 3.54. The molecule has 0 saturated carbocycles. The van der Waals surface area contributed by atoms with Crippen LogP contribution >= 0.6 is 0 Å². The molecule has 0 aliphatic carbocycles. The van der Waals surface area contributed by atoms with Gasteiger partial charge in [0.2, 0.25) is 5.91 Å². The second kappa shape index (κ2) is 6.80. The summed E-state index contributed by atoms with van der Waals surface area (Å²) in [5.41, 5.74) is 0.874. The van der Waals surface area contributed by atoms with Gasteiger partial charge in [-0.1, -0.05) is 0 Å². The molecule has 1 aromatic heterocycles. The van der Waals surface area contributed by atoms with Crippen molar-refractivity contribution in [3.63, 3.8) is 0 Å². The van der Waals surface area contributed by atoms with E-state index in [9.17, 15) is 14.0 Å². The third-order valence-corrected chi connectivity index (χ3v) is 3.92. The summed E-state index contributed by atoms with van der Waals surface area (Å²) in [6.45, 7) is 0.485. The first kappa shape index (κ1) is 16.7. The van der Waals surface area contributed by atoms with Crippen LogP contribution in [0.5, 0.6) is 5.75 Å². The van der Waals surface area contributed by atoms with Gasteiger partial charge in [-0.05, 0) is 18.6 Å². The smallest absolute Gasteiger partial charge is 0.319 e. The zero-order valence-electron chi connectivity index (χ0n) is 13.8. The highest BCUT2D eigenvalue weighted by Gasteiger charge is 2.34. The Morgan fingerprint density at radius 3 is 2.92 bits per heavy atom. The molecule has 1 fully saturated rings. The van der Waals surface area contributed by atoms with E-state index >= 15 is 0 Å². The molecule has 1 aromatic carbocycles. The summed E-state index contributed by atoms with van der Waals surface area (Å²) in [5, 5.41) is 9.15. The fourth-order valence-corrected chi connectivity index (χ4v) is 2.71. The van der Waals surface area contributed by atoms with Gasteiger partial charge in [-0.25, -0.2) is 9.18 Å². The van der Waals surface area contributed by atoms with Gasteiger partial charge in [0, 0.05) is 25.9 Å². The molecule has 8 nitrogen and oxygen atoms in total. The van der Waals surface area contributed by atoms with Crippen LogP contribution in [0.15, 0.2) is 30.6 Å². The van der Waals surface area contributed by atoms with Crippen LogP contribution in [0.1, 0.15) is 6.42 Å². The molecular weight excluding hydrogens is 329 g/mol. The predicted octanol–water partition coefficient (Wildman–Crippen LogP) is 1.49. The number of hydrogen-bond donors (Lipinski definition) is 2. The number of halogens is 1. The van der Waals surface area contributed by atoms with Crippen molar-refractivity contribution >= 4 is 23.3 Å². The number of carbonyl (C=O) groups excluding carboxylic acids is 2. The summed E-state index contributed by atoms with van der Waals surface area (Å²) in [6.07, 6.45) is 3.80. The van der Waals surface area contributed by atoms with E-state index in [1.54, 1.807) is 29.0 Å². The predicted molar refractivity (Wildman–Crippen MR) is 89.1 cm³/mol. The first-order valence-corrected chi connectivity index (χ1v) is 7.69. The van der Waals surface area contributed by atoms with Gasteiger partial charge in [0.15, 0.2) is 0 Å². The monoisotopic (exact) mass is 347 g/mol. The average molecular weight is 347 g/mol. The van der Waals surface area contributed by atoms with E-state index in [2.05, 4.69) is 15.7 Å². The number of aryl methyl sites for hydroxylation is 1. The molecule has 3 amide bonds. The van der Waals surface area contributed by atoms with Gasteiger partial charge in [-0.15, -0.1) is 0 Å². The fourth-order valence-electron chi connectivity index (χ4n) is 2.71. The van der Waals surface area contributed by atoms with Gasteiger partial charge in [0.1, 0.15) is 17.6 Å². The number of anilines is 2. The molecule has 25 heavy (non-hydrogen) atoms. The van der Waals surface area contributed by atoms with Crippen molar-refractivity contribution in [2.75, 3.05) is 23.9 Å². The van der Waals surface area contributed by atoms with Crippen LogP contribution in [0.4, 0.5) is 20.6 Å². The summed E-state index contributed by atoms with van der Waals surface area (Å²) in [4.78, 5) is 26.2. The normalized spacial score (nSPS) is 16.8. The number of nitrogens with zero attached hydrogens (tertiary/aromatic N) is 3. The summed E-state index contributed by atoms with van der Waals surface area (Å²) in [6, 6.07) is 2.54. The first-order chi connectivity index (χ1) is 12.0. The van der Waals surface area contributed by atoms with Gasteiger partial charge in [-0.2, -0.15) is 5.10 Å². The Balaban J connectivity index is 1.64. The number of nitrogens with one attached hydrogen (secondary N) is 2. The van der Waals surface area contributed by atoms with Crippen LogP contribution < -0.4 is 20.3 Å². The third-order valence-electron chi connectivity index (χ3n) is 3.92. The lowest BCUT2D eigenvalue weighted by molar-refractivity contribution is -0.118. The van der Waals surface area contributed by atoms with Gasteiger partial charge in [0.25, 0.3) is 0 Å². The molecule has 0 radical (unpaired) electrons. The lowest BCUT2D eigenvalue weighted by Gasteiger charge is -2.16. The Bertz CT molecular complexity index is 807. The van der Waals surface area contributed by atoms with Crippen LogP contribution in [-0.4, -0.2) is 41.4 Å². The van der Waals surface area contributed by atoms with Gasteiger partial charge < -0.3 is 20.3 Å². The number of amides is 3. The highest BCUT2D eigenvalue weighted by Crippen LogP contribution is 2.25. The molecule has 1 atom stereocenters. The van der Waals surface area contributed by atoms with Gasteiger partial charge >= 0.3 is 6.03 Å². The van der Waals surface area contributed by atoms with Crippen LogP contribution in [0.2, 0.25) is 0 Å². The van der Waals surface area contributed by atoms with Crippen molar-refractivity contribution in [2.45, 2.75) is 12.5 Å².